The van der Waals surface area contributed by atoms with E-state index in [4.69, 9.17) is 0 Å². The molecule has 2 N–H and O–H groups in total. The van der Waals surface area contributed by atoms with Crippen molar-refractivity contribution in [3.63, 3.8) is 0 Å². The molecule has 1 amide bonds. The van der Waals surface area contributed by atoms with Crippen LogP contribution in [0.2, 0.25) is 0 Å². The minimum absolute atomic E-state index is 0.226. The van der Waals surface area contributed by atoms with Gasteiger partial charge in [-0.3, -0.25) is 4.79 Å². The molecule has 1 saturated carbocycles. The van der Waals surface area contributed by atoms with Crippen molar-refractivity contribution in [3.05, 3.63) is 0 Å². The first kappa shape index (κ1) is 9.97. The van der Waals surface area contributed by atoms with Gasteiger partial charge < -0.3 is 10.6 Å². The molecule has 1 aliphatic heterocycles. The van der Waals surface area contributed by atoms with Crippen molar-refractivity contribution in [2.75, 3.05) is 13.1 Å². The van der Waals surface area contributed by atoms with E-state index >= 15 is 0 Å². The monoisotopic (exact) mass is 196 g/mol. The van der Waals surface area contributed by atoms with Crippen LogP contribution in [0.5, 0.6) is 0 Å². The Labute approximate surface area is 85.6 Å². The van der Waals surface area contributed by atoms with Gasteiger partial charge in [0.2, 0.25) is 5.91 Å². The Hall–Kier alpha value is -0.570. The third-order valence-corrected chi connectivity index (χ3v) is 3.37. The summed E-state index contributed by atoms with van der Waals surface area (Å²) in [6.07, 6.45) is 7.15. The fraction of sp³-hybridized carbons (Fsp3) is 0.909. The molecule has 3 heteroatoms. The van der Waals surface area contributed by atoms with Gasteiger partial charge in [0.1, 0.15) is 0 Å². The minimum Gasteiger partial charge on any atom is -0.353 e. The SMILES string of the molecule is O=C(NC1CCCC1)[C@H]1CCCNC1. The van der Waals surface area contributed by atoms with Crippen LogP contribution >= 0.6 is 0 Å². The number of rotatable bonds is 2. The average Bonchev–Trinajstić information content (AvgIpc) is 2.72. The van der Waals surface area contributed by atoms with Crippen LogP contribution in [-0.4, -0.2) is 25.0 Å². The molecule has 1 heterocycles. The van der Waals surface area contributed by atoms with Gasteiger partial charge >= 0.3 is 0 Å². The molecule has 3 nitrogen and oxygen atoms in total. The third-order valence-electron chi connectivity index (χ3n) is 3.37. The second-order valence-corrected chi connectivity index (χ2v) is 4.53. The van der Waals surface area contributed by atoms with E-state index in [1.54, 1.807) is 0 Å². The van der Waals surface area contributed by atoms with Crippen LogP contribution in [0.25, 0.3) is 0 Å². The smallest absolute Gasteiger partial charge is 0.224 e. The summed E-state index contributed by atoms with van der Waals surface area (Å²) in [6.45, 7) is 1.95. The molecule has 1 saturated heterocycles. The summed E-state index contributed by atoms with van der Waals surface area (Å²) in [5, 5.41) is 6.45. The molecule has 0 aromatic rings. The first-order valence-corrected chi connectivity index (χ1v) is 5.87. The molecule has 0 unspecified atom stereocenters. The molecule has 14 heavy (non-hydrogen) atoms. The van der Waals surface area contributed by atoms with E-state index in [0.29, 0.717) is 6.04 Å². The lowest BCUT2D eigenvalue weighted by Gasteiger charge is -2.23. The Kier molecular flexibility index (Phi) is 3.40. The highest BCUT2D eigenvalue weighted by Gasteiger charge is 2.24. The Morgan fingerprint density at radius 2 is 1.93 bits per heavy atom. The van der Waals surface area contributed by atoms with E-state index in [0.717, 1.165) is 25.9 Å². The van der Waals surface area contributed by atoms with Crippen LogP contribution in [0.15, 0.2) is 0 Å². The third kappa shape index (κ3) is 2.47. The van der Waals surface area contributed by atoms with E-state index in [1.807, 2.05) is 0 Å². The van der Waals surface area contributed by atoms with Crippen molar-refractivity contribution in [2.45, 2.75) is 44.6 Å². The molecule has 0 radical (unpaired) electrons. The highest BCUT2D eigenvalue weighted by Crippen LogP contribution is 2.19. The highest BCUT2D eigenvalue weighted by molar-refractivity contribution is 5.79. The van der Waals surface area contributed by atoms with Crippen molar-refractivity contribution in [1.29, 1.82) is 0 Å². The van der Waals surface area contributed by atoms with Gasteiger partial charge in [-0.25, -0.2) is 0 Å². The molecule has 1 aliphatic carbocycles. The summed E-state index contributed by atoms with van der Waals surface area (Å²) >= 11 is 0. The van der Waals surface area contributed by atoms with Crippen molar-refractivity contribution >= 4 is 5.91 Å². The molecular formula is C11H20N2O. The van der Waals surface area contributed by atoms with Crippen LogP contribution in [0.1, 0.15) is 38.5 Å². The zero-order valence-electron chi connectivity index (χ0n) is 8.72. The first-order chi connectivity index (χ1) is 6.86. The number of amides is 1. The van der Waals surface area contributed by atoms with Crippen molar-refractivity contribution in [1.82, 2.24) is 10.6 Å². The predicted molar refractivity (Wildman–Crippen MR) is 56.0 cm³/mol. The molecule has 0 bridgehead atoms. The second kappa shape index (κ2) is 4.78. The normalized spacial score (nSPS) is 29.0. The molecule has 80 valence electrons. The van der Waals surface area contributed by atoms with Gasteiger partial charge in [0, 0.05) is 12.6 Å². The molecule has 2 fully saturated rings. The van der Waals surface area contributed by atoms with E-state index < -0.39 is 0 Å². The van der Waals surface area contributed by atoms with Crippen LogP contribution in [-0.2, 0) is 4.79 Å². The largest absolute Gasteiger partial charge is 0.353 e. The minimum atomic E-state index is 0.226. The average molecular weight is 196 g/mol. The fourth-order valence-corrected chi connectivity index (χ4v) is 2.46. The Morgan fingerprint density at radius 3 is 2.57 bits per heavy atom. The Balaban J connectivity index is 1.75. The van der Waals surface area contributed by atoms with Crippen LogP contribution < -0.4 is 10.6 Å². The topological polar surface area (TPSA) is 41.1 Å². The summed E-state index contributed by atoms with van der Waals surface area (Å²) in [5.74, 6) is 0.508. The maximum absolute atomic E-state index is 11.8. The van der Waals surface area contributed by atoms with E-state index in [2.05, 4.69) is 10.6 Å². The number of hydrogen-bond acceptors (Lipinski definition) is 2. The zero-order valence-corrected chi connectivity index (χ0v) is 8.72. The quantitative estimate of drug-likeness (QED) is 0.693. The van der Waals surface area contributed by atoms with Crippen molar-refractivity contribution in [3.8, 4) is 0 Å². The van der Waals surface area contributed by atoms with Gasteiger partial charge in [0.15, 0.2) is 0 Å². The molecular weight excluding hydrogens is 176 g/mol. The van der Waals surface area contributed by atoms with Crippen LogP contribution in [0.4, 0.5) is 0 Å². The summed E-state index contributed by atoms with van der Waals surface area (Å²) in [7, 11) is 0. The molecule has 0 aromatic heterocycles. The summed E-state index contributed by atoms with van der Waals surface area (Å²) in [5.41, 5.74) is 0. The van der Waals surface area contributed by atoms with E-state index in [9.17, 15) is 4.79 Å². The number of carbonyl (C=O) groups is 1. The molecule has 0 aromatic carbocycles. The molecule has 2 aliphatic rings. The lowest BCUT2D eigenvalue weighted by Crippen LogP contribution is -2.43. The first-order valence-electron chi connectivity index (χ1n) is 5.87. The second-order valence-electron chi connectivity index (χ2n) is 4.53. The van der Waals surface area contributed by atoms with Crippen molar-refractivity contribution in [2.24, 2.45) is 5.92 Å². The Morgan fingerprint density at radius 1 is 1.14 bits per heavy atom. The number of piperidine rings is 1. The number of nitrogens with one attached hydrogen (secondary N) is 2. The summed E-state index contributed by atoms with van der Waals surface area (Å²) in [6, 6.07) is 0.476. The van der Waals surface area contributed by atoms with Gasteiger partial charge in [-0.1, -0.05) is 12.8 Å². The summed E-state index contributed by atoms with van der Waals surface area (Å²) in [4.78, 5) is 11.8. The van der Waals surface area contributed by atoms with E-state index in [1.165, 1.54) is 25.7 Å². The lowest BCUT2D eigenvalue weighted by molar-refractivity contribution is -0.126. The van der Waals surface area contributed by atoms with Gasteiger partial charge in [-0.15, -0.1) is 0 Å². The van der Waals surface area contributed by atoms with Gasteiger partial charge in [0.25, 0.3) is 0 Å². The lowest BCUT2D eigenvalue weighted by atomic mass is 9.98. The van der Waals surface area contributed by atoms with E-state index in [-0.39, 0.29) is 11.8 Å². The van der Waals surface area contributed by atoms with Gasteiger partial charge in [-0.2, -0.15) is 0 Å². The highest BCUT2D eigenvalue weighted by atomic mass is 16.2. The summed E-state index contributed by atoms with van der Waals surface area (Å²) < 4.78 is 0. The number of carbonyl (C=O) groups excluding carboxylic acids is 1. The standard InChI is InChI=1S/C11H20N2O/c14-11(9-4-3-7-12-8-9)13-10-5-1-2-6-10/h9-10,12H,1-8H2,(H,13,14)/t9-/m0/s1. The van der Waals surface area contributed by atoms with Gasteiger partial charge in [-0.05, 0) is 32.2 Å². The van der Waals surface area contributed by atoms with Crippen molar-refractivity contribution < 1.29 is 4.79 Å². The number of hydrogen-bond donors (Lipinski definition) is 2. The molecule has 2 rings (SSSR count). The molecule has 1 atom stereocenters. The van der Waals surface area contributed by atoms with Crippen LogP contribution in [0, 0.1) is 5.92 Å². The van der Waals surface area contributed by atoms with Gasteiger partial charge in [0.05, 0.1) is 5.92 Å². The van der Waals surface area contributed by atoms with Crippen LogP contribution in [0.3, 0.4) is 0 Å². The fourth-order valence-electron chi connectivity index (χ4n) is 2.46. The predicted octanol–water partition coefficient (Wildman–Crippen LogP) is 1.04. The maximum Gasteiger partial charge on any atom is 0.224 e. The Bertz CT molecular complexity index is 193. The molecule has 0 spiro atoms. The maximum atomic E-state index is 11.8. The zero-order chi connectivity index (χ0) is 9.80.